The molecule has 2 rings (SSSR count). The Labute approximate surface area is 117 Å². The summed E-state index contributed by atoms with van der Waals surface area (Å²) in [4.78, 5) is 15.9. The molecular weight excluding hydrogens is 321 g/mol. The van der Waals surface area contributed by atoms with Gasteiger partial charge in [-0.1, -0.05) is 11.6 Å². The van der Waals surface area contributed by atoms with E-state index in [9.17, 15) is 9.18 Å². The Morgan fingerprint density at radius 1 is 1.33 bits per heavy atom. The number of Topliss-reactive ketones (excluding diaryl/α,β-unsaturated/α-hetero) is 1. The summed E-state index contributed by atoms with van der Waals surface area (Å²) in [5.74, 6) is -0.903. The molecule has 5 heteroatoms. The molecule has 18 heavy (non-hydrogen) atoms. The van der Waals surface area contributed by atoms with Crippen LogP contribution < -0.4 is 0 Å². The van der Waals surface area contributed by atoms with Crippen molar-refractivity contribution in [1.82, 2.24) is 4.98 Å². The molecule has 2 aromatic rings. The topological polar surface area (TPSA) is 30.0 Å². The van der Waals surface area contributed by atoms with Crippen LogP contribution in [0.25, 0.3) is 0 Å². The van der Waals surface area contributed by atoms with Gasteiger partial charge in [-0.2, -0.15) is 0 Å². The van der Waals surface area contributed by atoms with Gasteiger partial charge in [0.25, 0.3) is 0 Å². The number of ketones is 1. The molecule has 0 saturated carbocycles. The molecule has 0 unspecified atom stereocenters. The zero-order valence-corrected chi connectivity index (χ0v) is 11.5. The van der Waals surface area contributed by atoms with Crippen molar-refractivity contribution in [3.8, 4) is 0 Å². The maximum atomic E-state index is 13.6. The predicted molar refractivity (Wildman–Crippen MR) is 71.4 cm³/mol. The van der Waals surface area contributed by atoms with Crippen molar-refractivity contribution in [1.29, 1.82) is 0 Å². The summed E-state index contributed by atoms with van der Waals surface area (Å²) in [7, 11) is 0. The summed E-state index contributed by atoms with van der Waals surface area (Å²) in [5, 5.41) is 0.271. The molecule has 0 aliphatic rings. The third kappa shape index (κ3) is 3.15. The molecule has 0 saturated heterocycles. The first-order chi connectivity index (χ1) is 8.56. The van der Waals surface area contributed by atoms with Crippen LogP contribution in [0, 0.1) is 5.82 Å². The maximum Gasteiger partial charge on any atom is 0.170 e. The van der Waals surface area contributed by atoms with Crippen LogP contribution in [-0.4, -0.2) is 10.8 Å². The monoisotopic (exact) mass is 327 g/mol. The number of carbonyl (C=O) groups is 1. The van der Waals surface area contributed by atoms with Crippen molar-refractivity contribution in [2.24, 2.45) is 0 Å². The van der Waals surface area contributed by atoms with E-state index in [1.807, 2.05) is 0 Å². The predicted octanol–water partition coefficient (Wildman–Crippen LogP) is 4.06. The molecule has 0 fully saturated rings. The highest BCUT2D eigenvalue weighted by Gasteiger charge is 2.13. The minimum Gasteiger partial charge on any atom is -0.294 e. The highest BCUT2D eigenvalue weighted by atomic mass is 79.9. The number of nitrogens with zero attached hydrogens (tertiary/aromatic N) is 1. The SMILES string of the molecule is O=C(Cc1cncc(Br)c1)c1ccc(Cl)cc1F. The third-order valence-electron chi connectivity index (χ3n) is 2.36. The van der Waals surface area contributed by atoms with E-state index in [2.05, 4.69) is 20.9 Å². The van der Waals surface area contributed by atoms with Crippen LogP contribution in [0.3, 0.4) is 0 Å². The van der Waals surface area contributed by atoms with Gasteiger partial charge in [0.2, 0.25) is 0 Å². The van der Waals surface area contributed by atoms with Gasteiger partial charge in [-0.15, -0.1) is 0 Å². The smallest absolute Gasteiger partial charge is 0.170 e. The fourth-order valence-corrected chi connectivity index (χ4v) is 2.12. The van der Waals surface area contributed by atoms with Gasteiger partial charge in [0.1, 0.15) is 5.82 Å². The van der Waals surface area contributed by atoms with E-state index in [1.165, 1.54) is 12.1 Å². The molecule has 0 aliphatic carbocycles. The fourth-order valence-electron chi connectivity index (χ4n) is 1.55. The van der Waals surface area contributed by atoms with Crippen molar-refractivity contribution < 1.29 is 9.18 Å². The van der Waals surface area contributed by atoms with Crippen LogP contribution >= 0.6 is 27.5 Å². The first-order valence-corrected chi connectivity index (χ1v) is 6.31. The number of rotatable bonds is 3. The number of hydrogen-bond acceptors (Lipinski definition) is 2. The minimum absolute atomic E-state index is 0.0411. The summed E-state index contributed by atoms with van der Waals surface area (Å²) >= 11 is 8.90. The van der Waals surface area contributed by atoms with Gasteiger partial charge in [0.15, 0.2) is 5.78 Å². The molecule has 92 valence electrons. The fraction of sp³-hybridized carbons (Fsp3) is 0.0769. The quantitative estimate of drug-likeness (QED) is 0.795. The molecule has 1 aromatic heterocycles. The van der Waals surface area contributed by atoms with Crippen LogP contribution in [0.15, 0.2) is 41.1 Å². The van der Waals surface area contributed by atoms with E-state index >= 15 is 0 Å². The molecule has 0 spiro atoms. The molecule has 2 nitrogen and oxygen atoms in total. The molecule has 0 aliphatic heterocycles. The van der Waals surface area contributed by atoms with E-state index in [4.69, 9.17) is 11.6 Å². The van der Waals surface area contributed by atoms with Gasteiger partial charge < -0.3 is 0 Å². The van der Waals surface area contributed by atoms with Crippen LogP contribution in [0.2, 0.25) is 5.02 Å². The highest BCUT2D eigenvalue weighted by molar-refractivity contribution is 9.10. The second-order valence-electron chi connectivity index (χ2n) is 3.74. The van der Waals surface area contributed by atoms with Gasteiger partial charge in [0.05, 0.1) is 5.56 Å². The number of carbonyl (C=O) groups excluding carboxylic acids is 1. The number of pyridine rings is 1. The minimum atomic E-state index is -0.601. The van der Waals surface area contributed by atoms with Crippen LogP contribution in [0.1, 0.15) is 15.9 Å². The van der Waals surface area contributed by atoms with E-state index in [0.717, 1.165) is 16.1 Å². The molecule has 0 amide bonds. The molecular formula is C13H8BrClFNO. The molecule has 0 radical (unpaired) electrons. The normalized spacial score (nSPS) is 10.4. The summed E-state index contributed by atoms with van der Waals surface area (Å²) in [5.41, 5.74) is 0.767. The largest absolute Gasteiger partial charge is 0.294 e. The van der Waals surface area contributed by atoms with Crippen LogP contribution in [0.4, 0.5) is 4.39 Å². The zero-order chi connectivity index (χ0) is 13.1. The van der Waals surface area contributed by atoms with Crippen molar-refractivity contribution in [3.05, 3.63) is 63.1 Å². The Bertz CT molecular complexity index is 603. The second kappa shape index (κ2) is 5.59. The first-order valence-electron chi connectivity index (χ1n) is 5.14. The van der Waals surface area contributed by atoms with Gasteiger partial charge in [0, 0.05) is 28.3 Å². The van der Waals surface area contributed by atoms with Gasteiger partial charge >= 0.3 is 0 Å². The van der Waals surface area contributed by atoms with Crippen molar-refractivity contribution in [2.45, 2.75) is 6.42 Å². The van der Waals surface area contributed by atoms with Crippen LogP contribution in [0.5, 0.6) is 0 Å². The lowest BCUT2D eigenvalue weighted by Crippen LogP contribution is -2.06. The van der Waals surface area contributed by atoms with E-state index in [0.29, 0.717) is 0 Å². The first kappa shape index (κ1) is 13.2. The highest BCUT2D eigenvalue weighted by Crippen LogP contribution is 2.17. The lowest BCUT2D eigenvalue weighted by atomic mass is 10.0. The summed E-state index contributed by atoms with van der Waals surface area (Å²) in [6.45, 7) is 0. The molecule has 1 heterocycles. The number of hydrogen-bond donors (Lipinski definition) is 0. The van der Waals surface area contributed by atoms with Gasteiger partial charge in [-0.05, 0) is 45.8 Å². The Balaban J connectivity index is 2.22. The van der Waals surface area contributed by atoms with Crippen LogP contribution in [-0.2, 0) is 6.42 Å². The number of halogens is 3. The Morgan fingerprint density at radius 2 is 2.11 bits per heavy atom. The summed E-state index contributed by atoms with van der Waals surface area (Å²) < 4.78 is 14.3. The van der Waals surface area contributed by atoms with Crippen molar-refractivity contribution >= 4 is 33.3 Å². The number of aromatic nitrogens is 1. The van der Waals surface area contributed by atoms with E-state index < -0.39 is 5.82 Å². The molecule has 0 N–H and O–H groups in total. The van der Waals surface area contributed by atoms with Crippen molar-refractivity contribution in [2.75, 3.05) is 0 Å². The zero-order valence-electron chi connectivity index (χ0n) is 9.16. The summed E-state index contributed by atoms with van der Waals surface area (Å²) in [6.07, 6.45) is 3.30. The van der Waals surface area contributed by atoms with Crippen molar-refractivity contribution in [3.63, 3.8) is 0 Å². The molecule has 1 aromatic carbocycles. The maximum absolute atomic E-state index is 13.6. The summed E-state index contributed by atoms with van der Waals surface area (Å²) in [6, 6.07) is 5.80. The lowest BCUT2D eigenvalue weighted by molar-refractivity contribution is 0.0989. The average molecular weight is 329 g/mol. The molecule has 0 atom stereocenters. The van der Waals surface area contributed by atoms with E-state index in [1.54, 1.807) is 18.5 Å². The lowest BCUT2D eigenvalue weighted by Gasteiger charge is -2.03. The second-order valence-corrected chi connectivity index (χ2v) is 5.09. The standard InChI is InChI=1S/C13H8BrClFNO/c14-9-3-8(6-17-7-9)4-13(18)11-2-1-10(15)5-12(11)16/h1-3,5-7H,4H2. The third-order valence-corrected chi connectivity index (χ3v) is 3.03. The number of benzene rings is 1. The Morgan fingerprint density at radius 3 is 2.78 bits per heavy atom. The molecule has 0 bridgehead atoms. The van der Waals surface area contributed by atoms with E-state index in [-0.39, 0.29) is 22.8 Å². The van der Waals surface area contributed by atoms with Gasteiger partial charge in [-0.3, -0.25) is 9.78 Å². The van der Waals surface area contributed by atoms with Gasteiger partial charge in [-0.25, -0.2) is 4.39 Å². The average Bonchev–Trinajstić information content (AvgIpc) is 2.28. The Kier molecular flexibility index (Phi) is 4.09. The Hall–Kier alpha value is -1.26.